The van der Waals surface area contributed by atoms with Crippen LogP contribution in [0.15, 0.2) is 133 Å². The van der Waals surface area contributed by atoms with E-state index in [9.17, 15) is 0 Å². The van der Waals surface area contributed by atoms with Crippen molar-refractivity contribution in [3.05, 3.63) is 145 Å². The van der Waals surface area contributed by atoms with Gasteiger partial charge >= 0.3 is 0 Å². The Bertz CT molecular complexity index is 2390. The van der Waals surface area contributed by atoms with E-state index in [0.717, 1.165) is 0 Å². The predicted molar refractivity (Wildman–Crippen MR) is 177 cm³/mol. The molecule has 0 N–H and O–H groups in total. The summed E-state index contributed by atoms with van der Waals surface area (Å²) in [4.78, 5) is 0. The first-order valence-corrected chi connectivity index (χ1v) is 14.5. The van der Waals surface area contributed by atoms with E-state index in [2.05, 4.69) is 147 Å². The van der Waals surface area contributed by atoms with Gasteiger partial charge in [-0.15, -0.1) is 0 Å². The molecule has 0 aliphatic heterocycles. The Hall–Kier alpha value is -4.94. The zero-order chi connectivity index (χ0) is 27.3. The van der Waals surface area contributed by atoms with Gasteiger partial charge in [0.05, 0.1) is 0 Å². The smallest absolute Gasteiger partial charge is 0.0159 e. The number of benzene rings is 8. The van der Waals surface area contributed by atoms with Gasteiger partial charge < -0.3 is 0 Å². The second kappa shape index (κ2) is 8.05. The zero-order valence-corrected chi connectivity index (χ0v) is 23.2. The molecular weight excluding hydrogens is 492 g/mol. The van der Waals surface area contributed by atoms with Crippen molar-refractivity contribution >= 4 is 53.9 Å². The average molecular weight is 521 g/mol. The molecule has 0 heteroatoms. The molecule has 0 radical (unpaired) electrons. The highest BCUT2D eigenvalue weighted by atomic mass is 14.4. The van der Waals surface area contributed by atoms with Crippen molar-refractivity contribution in [2.45, 2.75) is 19.3 Å². The SMILES string of the molecule is CC1(C)c2ccccc2-c2ccc(-c3cc4c5ccccc5c5c6ccccc6ccc5c4c4ccccc34)cc21. The molecule has 0 spiro atoms. The third-order valence-corrected chi connectivity index (χ3v) is 9.62. The van der Waals surface area contributed by atoms with E-state index in [-0.39, 0.29) is 5.41 Å². The second-order valence-corrected chi connectivity index (χ2v) is 12.1. The summed E-state index contributed by atoms with van der Waals surface area (Å²) in [6.07, 6.45) is 0. The molecule has 0 aromatic heterocycles. The van der Waals surface area contributed by atoms with Crippen molar-refractivity contribution in [3.63, 3.8) is 0 Å². The van der Waals surface area contributed by atoms with E-state index < -0.39 is 0 Å². The fourth-order valence-corrected chi connectivity index (χ4v) is 7.69. The minimum absolute atomic E-state index is 0.0292. The van der Waals surface area contributed by atoms with Crippen LogP contribution in [0, 0.1) is 0 Å². The molecule has 192 valence electrons. The summed E-state index contributed by atoms with van der Waals surface area (Å²) in [5.41, 5.74) is 8.11. The van der Waals surface area contributed by atoms with Crippen molar-refractivity contribution in [2.24, 2.45) is 0 Å². The summed E-state index contributed by atoms with van der Waals surface area (Å²) in [6, 6.07) is 49.9. The molecule has 0 heterocycles. The standard InChI is InChI=1S/C41H28/c1-41(2)37-18-10-9-15-30(37)31-21-20-26(23-38(31)41)35-24-36-29-14-6-8-17-33(29)39-27-12-4-3-11-25(27)19-22-34(39)40(36)32-16-7-5-13-28(32)35/h3-24H,1-2H3. The van der Waals surface area contributed by atoms with E-state index >= 15 is 0 Å². The Balaban J connectivity index is 1.43. The molecule has 0 unspecified atom stereocenters. The summed E-state index contributed by atoms with van der Waals surface area (Å²) < 4.78 is 0. The fourth-order valence-electron chi connectivity index (χ4n) is 7.69. The Labute approximate surface area is 239 Å². The highest BCUT2D eigenvalue weighted by Gasteiger charge is 2.35. The van der Waals surface area contributed by atoms with Gasteiger partial charge in [-0.05, 0) is 99.4 Å². The molecule has 1 aliphatic rings. The van der Waals surface area contributed by atoms with Gasteiger partial charge in [0.2, 0.25) is 0 Å². The van der Waals surface area contributed by atoms with Gasteiger partial charge in [-0.1, -0.05) is 135 Å². The first-order valence-electron chi connectivity index (χ1n) is 14.5. The van der Waals surface area contributed by atoms with Crippen LogP contribution >= 0.6 is 0 Å². The monoisotopic (exact) mass is 520 g/mol. The number of rotatable bonds is 1. The van der Waals surface area contributed by atoms with Crippen LogP contribution in [0.1, 0.15) is 25.0 Å². The molecule has 0 atom stereocenters. The quantitative estimate of drug-likeness (QED) is 0.189. The average Bonchev–Trinajstić information content (AvgIpc) is 3.26. The topological polar surface area (TPSA) is 0 Å². The van der Waals surface area contributed by atoms with Crippen LogP contribution in [0.2, 0.25) is 0 Å². The molecule has 8 aromatic carbocycles. The van der Waals surface area contributed by atoms with Crippen LogP contribution < -0.4 is 0 Å². The van der Waals surface area contributed by atoms with Crippen LogP contribution in [0.4, 0.5) is 0 Å². The van der Waals surface area contributed by atoms with E-state index in [0.29, 0.717) is 0 Å². The van der Waals surface area contributed by atoms with Gasteiger partial charge in [0.1, 0.15) is 0 Å². The minimum Gasteiger partial charge on any atom is -0.0619 e. The largest absolute Gasteiger partial charge is 0.0619 e. The third-order valence-electron chi connectivity index (χ3n) is 9.62. The van der Waals surface area contributed by atoms with Gasteiger partial charge in [-0.3, -0.25) is 0 Å². The highest BCUT2D eigenvalue weighted by molar-refractivity contribution is 6.36. The van der Waals surface area contributed by atoms with Gasteiger partial charge in [0, 0.05) is 5.41 Å². The number of hydrogen-bond donors (Lipinski definition) is 0. The Morgan fingerprint density at radius 1 is 0.366 bits per heavy atom. The first kappa shape index (κ1) is 22.8. The molecule has 1 aliphatic carbocycles. The number of hydrogen-bond acceptors (Lipinski definition) is 0. The third kappa shape index (κ3) is 3.00. The Morgan fingerprint density at radius 2 is 0.976 bits per heavy atom. The van der Waals surface area contributed by atoms with Gasteiger partial charge in [0.25, 0.3) is 0 Å². The summed E-state index contributed by atoms with van der Waals surface area (Å²) in [5, 5.41) is 13.2. The van der Waals surface area contributed by atoms with Gasteiger partial charge in [0.15, 0.2) is 0 Å². The summed E-state index contributed by atoms with van der Waals surface area (Å²) >= 11 is 0. The van der Waals surface area contributed by atoms with Gasteiger partial charge in [-0.2, -0.15) is 0 Å². The lowest BCUT2D eigenvalue weighted by Crippen LogP contribution is -2.14. The molecule has 0 nitrogen and oxygen atoms in total. The van der Waals surface area contributed by atoms with E-state index in [1.54, 1.807) is 0 Å². The molecule has 0 saturated carbocycles. The maximum absolute atomic E-state index is 2.46. The number of fused-ring (bicyclic) bond motifs is 13. The first-order chi connectivity index (χ1) is 20.1. The molecule has 0 fully saturated rings. The van der Waals surface area contributed by atoms with E-state index in [4.69, 9.17) is 0 Å². The highest BCUT2D eigenvalue weighted by Crippen LogP contribution is 2.50. The minimum atomic E-state index is -0.0292. The zero-order valence-electron chi connectivity index (χ0n) is 23.2. The van der Waals surface area contributed by atoms with E-state index in [1.807, 2.05) is 0 Å². The van der Waals surface area contributed by atoms with Crippen LogP contribution in [-0.2, 0) is 5.41 Å². The maximum atomic E-state index is 2.46. The summed E-state index contributed by atoms with van der Waals surface area (Å²) in [6.45, 7) is 4.73. The van der Waals surface area contributed by atoms with Crippen molar-refractivity contribution in [2.75, 3.05) is 0 Å². The van der Waals surface area contributed by atoms with E-state index in [1.165, 1.54) is 87.2 Å². The molecule has 0 amide bonds. The maximum Gasteiger partial charge on any atom is 0.0159 e. The molecule has 41 heavy (non-hydrogen) atoms. The van der Waals surface area contributed by atoms with Crippen LogP contribution in [0.25, 0.3) is 76.1 Å². The molecular formula is C41H28. The normalized spacial score (nSPS) is 13.8. The van der Waals surface area contributed by atoms with Crippen LogP contribution in [-0.4, -0.2) is 0 Å². The van der Waals surface area contributed by atoms with Crippen LogP contribution in [0.5, 0.6) is 0 Å². The molecule has 0 saturated heterocycles. The molecule has 0 bridgehead atoms. The fraction of sp³-hybridized carbons (Fsp3) is 0.0732. The van der Waals surface area contributed by atoms with Crippen molar-refractivity contribution < 1.29 is 0 Å². The summed E-state index contributed by atoms with van der Waals surface area (Å²) in [7, 11) is 0. The molecule has 9 rings (SSSR count). The van der Waals surface area contributed by atoms with Crippen molar-refractivity contribution in [1.29, 1.82) is 0 Å². The van der Waals surface area contributed by atoms with Gasteiger partial charge in [-0.25, -0.2) is 0 Å². The second-order valence-electron chi connectivity index (χ2n) is 12.1. The Kier molecular flexibility index (Phi) is 4.49. The molecule has 8 aromatic rings. The predicted octanol–water partition coefficient (Wildman–Crippen LogP) is 11.4. The van der Waals surface area contributed by atoms with Crippen LogP contribution in [0.3, 0.4) is 0 Å². The Morgan fingerprint density at radius 3 is 1.80 bits per heavy atom. The lowest BCUT2D eigenvalue weighted by atomic mass is 9.81. The summed E-state index contributed by atoms with van der Waals surface area (Å²) in [5.74, 6) is 0. The van der Waals surface area contributed by atoms with Crippen molar-refractivity contribution in [1.82, 2.24) is 0 Å². The lowest BCUT2D eigenvalue weighted by molar-refractivity contribution is 0.660. The van der Waals surface area contributed by atoms with Crippen molar-refractivity contribution in [3.8, 4) is 22.3 Å². The lowest BCUT2D eigenvalue weighted by Gasteiger charge is -2.22.